The molecule has 0 aromatic carbocycles. The Morgan fingerprint density at radius 1 is 0.946 bits per heavy atom. The summed E-state index contributed by atoms with van der Waals surface area (Å²) in [7, 11) is 0. The molecule has 3 aliphatic rings. The number of primary amides is 1. The highest BCUT2D eigenvalue weighted by molar-refractivity contribution is 5.91. The van der Waals surface area contributed by atoms with Gasteiger partial charge in [-0.2, -0.15) is 0 Å². The summed E-state index contributed by atoms with van der Waals surface area (Å²) in [5.74, 6) is -1.94. The van der Waals surface area contributed by atoms with Crippen LogP contribution in [0.4, 0.5) is 0 Å². The number of nitrogens with zero attached hydrogens (tertiary/aromatic N) is 2. The molecule has 0 saturated carbocycles. The predicted octanol–water partition coefficient (Wildman–Crippen LogP) is -2.14. The Morgan fingerprint density at radius 2 is 1.62 bits per heavy atom. The monoisotopic (exact) mass is 524 g/mol. The molecule has 0 bridgehead atoms. The highest BCUT2D eigenvalue weighted by Crippen LogP contribution is 2.29. The van der Waals surface area contributed by atoms with Gasteiger partial charge >= 0.3 is 0 Å². The van der Waals surface area contributed by atoms with E-state index in [9.17, 15) is 24.0 Å². The number of ether oxygens (including phenoxy) is 2. The van der Waals surface area contributed by atoms with Crippen LogP contribution in [0.25, 0.3) is 0 Å². The van der Waals surface area contributed by atoms with Crippen molar-refractivity contribution in [3.05, 3.63) is 0 Å². The molecule has 3 aliphatic heterocycles. The zero-order valence-electron chi connectivity index (χ0n) is 21.6. The van der Waals surface area contributed by atoms with Crippen molar-refractivity contribution >= 4 is 29.5 Å². The van der Waals surface area contributed by atoms with E-state index in [1.165, 1.54) is 0 Å². The van der Waals surface area contributed by atoms with Gasteiger partial charge in [0.2, 0.25) is 29.5 Å². The number of rotatable bonds is 2. The molecule has 0 unspecified atom stereocenters. The van der Waals surface area contributed by atoms with Gasteiger partial charge in [0.1, 0.15) is 12.6 Å². The summed E-state index contributed by atoms with van der Waals surface area (Å²) in [4.78, 5) is 65.7. The highest BCUT2D eigenvalue weighted by atomic mass is 16.5. The second-order valence-electron chi connectivity index (χ2n) is 10.0. The summed E-state index contributed by atoms with van der Waals surface area (Å²) in [5, 5.41) is 8.22. The van der Waals surface area contributed by atoms with Crippen LogP contribution in [0.2, 0.25) is 0 Å². The van der Waals surface area contributed by atoms with Gasteiger partial charge in [-0.25, -0.2) is 0 Å². The molecule has 1 spiro atoms. The molecule has 3 fully saturated rings. The van der Waals surface area contributed by atoms with E-state index in [2.05, 4.69) is 20.9 Å². The molecule has 5 N–H and O–H groups in total. The second kappa shape index (κ2) is 13.7. The maximum Gasteiger partial charge on any atom is 0.246 e. The molecule has 208 valence electrons. The van der Waals surface area contributed by atoms with Crippen LogP contribution in [0.5, 0.6) is 0 Å². The molecule has 0 aromatic rings. The van der Waals surface area contributed by atoms with Gasteiger partial charge < -0.3 is 41.0 Å². The maximum absolute atomic E-state index is 13.0. The first-order valence-electron chi connectivity index (χ1n) is 13.0. The fourth-order valence-electron chi connectivity index (χ4n) is 5.22. The molecule has 5 amide bonds. The summed E-state index contributed by atoms with van der Waals surface area (Å²) >= 11 is 0. The van der Waals surface area contributed by atoms with E-state index in [4.69, 9.17) is 15.2 Å². The van der Waals surface area contributed by atoms with Crippen LogP contribution in [-0.2, 0) is 33.4 Å². The molecule has 0 aromatic heterocycles. The quantitative estimate of drug-likeness (QED) is 0.317. The Labute approximate surface area is 217 Å². The molecule has 13 heteroatoms. The smallest absolute Gasteiger partial charge is 0.246 e. The highest BCUT2D eigenvalue weighted by Gasteiger charge is 2.40. The van der Waals surface area contributed by atoms with Crippen LogP contribution in [-0.4, -0.2) is 116 Å². The van der Waals surface area contributed by atoms with Crippen molar-refractivity contribution in [3.8, 4) is 0 Å². The number of nitrogens with one attached hydrogen (secondary N) is 3. The van der Waals surface area contributed by atoms with E-state index in [1.807, 2.05) is 4.90 Å². The molecule has 3 saturated heterocycles. The number of amides is 5. The van der Waals surface area contributed by atoms with Crippen LogP contribution < -0.4 is 21.7 Å². The van der Waals surface area contributed by atoms with Crippen LogP contribution >= 0.6 is 0 Å². The lowest BCUT2D eigenvalue weighted by Gasteiger charge is -2.46. The van der Waals surface area contributed by atoms with Crippen LogP contribution in [0, 0.1) is 0 Å². The van der Waals surface area contributed by atoms with Crippen molar-refractivity contribution < 1.29 is 33.4 Å². The number of hydrogen-bond acceptors (Lipinski definition) is 8. The Balaban J connectivity index is 1.66. The van der Waals surface area contributed by atoms with Gasteiger partial charge in [-0.1, -0.05) is 0 Å². The summed E-state index contributed by atoms with van der Waals surface area (Å²) in [5.41, 5.74) is 4.62. The predicted molar refractivity (Wildman–Crippen MR) is 132 cm³/mol. The average molecular weight is 525 g/mol. The largest absolute Gasteiger partial charge is 0.377 e. The zero-order valence-corrected chi connectivity index (χ0v) is 21.6. The minimum absolute atomic E-state index is 0.0517. The average Bonchev–Trinajstić information content (AvgIpc) is 2.85. The van der Waals surface area contributed by atoms with E-state index in [0.29, 0.717) is 32.0 Å². The van der Waals surface area contributed by atoms with E-state index < -0.39 is 29.3 Å². The van der Waals surface area contributed by atoms with Crippen molar-refractivity contribution in [2.45, 2.75) is 63.1 Å². The van der Waals surface area contributed by atoms with Crippen LogP contribution in [0.3, 0.4) is 0 Å². The summed E-state index contributed by atoms with van der Waals surface area (Å²) < 4.78 is 10.8. The molecule has 1 atom stereocenters. The first-order valence-corrected chi connectivity index (χ1v) is 13.0. The molecule has 0 radical (unpaired) electrons. The number of hydrogen-bond donors (Lipinski definition) is 4. The van der Waals surface area contributed by atoms with Crippen molar-refractivity contribution in [3.63, 3.8) is 0 Å². The minimum atomic E-state index is -1.16. The molecule has 37 heavy (non-hydrogen) atoms. The summed E-state index contributed by atoms with van der Waals surface area (Å²) in [6.07, 6.45) is 2.50. The maximum atomic E-state index is 13.0. The molecule has 13 nitrogen and oxygen atoms in total. The SMILES string of the molecule is CC(=O)N1CCC(N2CCC3(CC2)CC(=O)N[C@H](C(N)=O)CC(=O)NCCOCCOCC(=O)N3)CC1. The van der Waals surface area contributed by atoms with Crippen molar-refractivity contribution in [1.82, 2.24) is 25.8 Å². The standard InChI is InChI=1S/C24H40N6O7/c1-17(31)29-7-2-18(3-8-29)30-9-4-24(5-10-30)15-21(33)27-19(23(25)35)14-20(32)26-6-11-36-12-13-37-16-22(34)28-24/h18-19H,2-16H2,1H3,(H2,25,35)(H,26,32)(H,27,33)(H,28,34)/t19-/m0/s1. The Bertz CT molecular complexity index is 837. The first-order chi connectivity index (χ1) is 17.7. The van der Waals surface area contributed by atoms with Crippen molar-refractivity contribution in [1.29, 1.82) is 0 Å². The van der Waals surface area contributed by atoms with E-state index in [0.717, 1.165) is 25.9 Å². The van der Waals surface area contributed by atoms with Gasteiger partial charge in [0.25, 0.3) is 0 Å². The number of likely N-dealkylation sites (tertiary alicyclic amines) is 2. The third-order valence-corrected chi connectivity index (χ3v) is 7.33. The number of nitrogens with two attached hydrogens (primary N) is 1. The third-order valence-electron chi connectivity index (χ3n) is 7.33. The molecule has 3 rings (SSSR count). The van der Waals surface area contributed by atoms with Crippen LogP contribution in [0.1, 0.15) is 45.4 Å². The molecule has 0 aliphatic carbocycles. The van der Waals surface area contributed by atoms with Crippen molar-refractivity contribution in [2.75, 3.05) is 59.2 Å². The minimum Gasteiger partial charge on any atom is -0.377 e. The number of carbonyl (C=O) groups is 5. The number of carbonyl (C=O) groups excluding carboxylic acids is 5. The van der Waals surface area contributed by atoms with E-state index in [-0.39, 0.29) is 57.6 Å². The first kappa shape index (κ1) is 28.8. The Hall–Kier alpha value is -2.77. The van der Waals surface area contributed by atoms with E-state index >= 15 is 0 Å². The fourth-order valence-corrected chi connectivity index (χ4v) is 5.22. The van der Waals surface area contributed by atoms with Crippen molar-refractivity contribution in [2.24, 2.45) is 5.73 Å². The summed E-state index contributed by atoms with van der Waals surface area (Å²) in [6, 6.07) is -0.819. The lowest BCUT2D eigenvalue weighted by Crippen LogP contribution is -2.60. The molecular formula is C24H40N6O7. The molecule has 3 heterocycles. The lowest BCUT2D eigenvalue weighted by molar-refractivity contribution is -0.132. The molecular weight excluding hydrogens is 484 g/mol. The lowest BCUT2D eigenvalue weighted by atomic mass is 9.82. The van der Waals surface area contributed by atoms with Gasteiger partial charge in [-0.3, -0.25) is 24.0 Å². The Kier molecular flexibility index (Phi) is 10.6. The number of piperidine rings is 2. The zero-order chi connectivity index (χ0) is 26.8. The normalized spacial score (nSPS) is 26.0. The topological polar surface area (TPSA) is 172 Å². The Morgan fingerprint density at radius 3 is 2.27 bits per heavy atom. The van der Waals surface area contributed by atoms with Gasteiger partial charge in [-0.15, -0.1) is 0 Å². The van der Waals surface area contributed by atoms with Gasteiger partial charge in [0, 0.05) is 52.1 Å². The second-order valence-corrected chi connectivity index (χ2v) is 10.0. The fraction of sp³-hybridized carbons (Fsp3) is 0.792. The van der Waals surface area contributed by atoms with Gasteiger partial charge in [0.15, 0.2) is 0 Å². The van der Waals surface area contributed by atoms with E-state index in [1.54, 1.807) is 6.92 Å². The third kappa shape index (κ3) is 8.93. The summed E-state index contributed by atoms with van der Waals surface area (Å²) in [6.45, 7) is 5.16. The van der Waals surface area contributed by atoms with Gasteiger partial charge in [0.05, 0.1) is 31.8 Å². The van der Waals surface area contributed by atoms with Gasteiger partial charge in [-0.05, 0) is 25.7 Å². The van der Waals surface area contributed by atoms with Crippen LogP contribution in [0.15, 0.2) is 0 Å².